The summed E-state index contributed by atoms with van der Waals surface area (Å²) in [5, 5.41) is 14.0. The van der Waals surface area contributed by atoms with Crippen LogP contribution in [0.1, 0.15) is 23.0 Å². The Hall–Kier alpha value is -2.64. The third-order valence-corrected chi connectivity index (χ3v) is 3.52. The molecule has 2 amide bonds. The largest absolute Gasteiger partial charge is 0.467 e. The summed E-state index contributed by atoms with van der Waals surface area (Å²) in [7, 11) is 0. The van der Waals surface area contributed by atoms with E-state index in [9.17, 15) is 9.59 Å². The zero-order chi connectivity index (χ0) is 18.1. The fraction of sp³-hybridized carbons (Fsp3) is 0.333. The van der Waals surface area contributed by atoms with E-state index in [0.717, 1.165) is 11.1 Å². The minimum absolute atomic E-state index is 0.121. The van der Waals surface area contributed by atoms with Gasteiger partial charge in [-0.05, 0) is 24.6 Å². The van der Waals surface area contributed by atoms with Crippen LogP contribution in [-0.4, -0.2) is 36.7 Å². The molecule has 1 aromatic carbocycles. The third-order valence-electron chi connectivity index (χ3n) is 3.52. The van der Waals surface area contributed by atoms with Crippen molar-refractivity contribution in [3.05, 3.63) is 59.5 Å². The number of aliphatic hydroxyl groups excluding tert-OH is 1. The molecule has 0 saturated carbocycles. The van der Waals surface area contributed by atoms with E-state index in [-0.39, 0.29) is 26.3 Å². The number of hydrogen-bond acceptors (Lipinski definition) is 5. The Morgan fingerprint density at radius 1 is 1.16 bits per heavy atom. The molecule has 0 bridgehead atoms. The van der Waals surface area contributed by atoms with E-state index < -0.39 is 17.9 Å². The lowest BCUT2D eigenvalue weighted by atomic mass is 10.1. The van der Waals surface area contributed by atoms with Crippen molar-refractivity contribution in [2.24, 2.45) is 0 Å². The fourth-order valence-corrected chi connectivity index (χ4v) is 2.18. The van der Waals surface area contributed by atoms with Crippen LogP contribution in [0.3, 0.4) is 0 Å². The fourth-order valence-electron chi connectivity index (χ4n) is 2.18. The first-order chi connectivity index (χ1) is 12.1. The number of nitrogens with one attached hydrogen (secondary N) is 2. The SMILES string of the molecule is Cc1ccc([C@@H](CNC(=O)C(=O)NCc2ccco2)OCCO)cc1. The van der Waals surface area contributed by atoms with E-state index in [2.05, 4.69) is 10.6 Å². The second-order valence-corrected chi connectivity index (χ2v) is 5.47. The number of carbonyl (C=O) groups excluding carboxylic acids is 2. The van der Waals surface area contributed by atoms with Gasteiger partial charge in [0, 0.05) is 6.54 Å². The lowest BCUT2D eigenvalue weighted by molar-refractivity contribution is -0.139. The maximum absolute atomic E-state index is 11.9. The summed E-state index contributed by atoms with van der Waals surface area (Å²) in [6, 6.07) is 11.0. The summed E-state index contributed by atoms with van der Waals surface area (Å²) in [5.41, 5.74) is 1.96. The lowest BCUT2D eigenvalue weighted by Crippen LogP contribution is -2.41. The Bertz CT molecular complexity index is 667. The number of hydrogen-bond donors (Lipinski definition) is 3. The minimum atomic E-state index is -0.753. The lowest BCUT2D eigenvalue weighted by Gasteiger charge is -2.18. The second kappa shape index (κ2) is 9.61. The van der Waals surface area contributed by atoms with Crippen molar-refractivity contribution in [3.63, 3.8) is 0 Å². The van der Waals surface area contributed by atoms with Gasteiger partial charge in [-0.1, -0.05) is 29.8 Å². The highest BCUT2D eigenvalue weighted by atomic mass is 16.5. The number of aryl methyl sites for hydroxylation is 1. The summed E-state index contributed by atoms with van der Waals surface area (Å²) >= 11 is 0. The molecule has 0 spiro atoms. The Kier molecular flexibility index (Phi) is 7.18. The quantitative estimate of drug-likeness (QED) is 0.621. The first kappa shape index (κ1) is 18.7. The molecule has 0 unspecified atom stereocenters. The molecule has 25 heavy (non-hydrogen) atoms. The highest BCUT2D eigenvalue weighted by Crippen LogP contribution is 2.17. The van der Waals surface area contributed by atoms with Crippen molar-refractivity contribution >= 4 is 11.8 Å². The van der Waals surface area contributed by atoms with Crippen LogP contribution >= 0.6 is 0 Å². The number of rotatable bonds is 8. The van der Waals surface area contributed by atoms with E-state index in [1.54, 1.807) is 12.1 Å². The van der Waals surface area contributed by atoms with Gasteiger partial charge in [0.05, 0.1) is 32.1 Å². The number of furan rings is 1. The summed E-state index contributed by atoms with van der Waals surface area (Å²) in [6.45, 7) is 2.25. The monoisotopic (exact) mass is 346 g/mol. The molecule has 0 radical (unpaired) electrons. The highest BCUT2D eigenvalue weighted by molar-refractivity contribution is 6.35. The molecule has 3 N–H and O–H groups in total. The average molecular weight is 346 g/mol. The van der Waals surface area contributed by atoms with Gasteiger partial charge in [-0.2, -0.15) is 0 Å². The van der Waals surface area contributed by atoms with Gasteiger partial charge in [0.2, 0.25) is 0 Å². The predicted molar refractivity (Wildman–Crippen MR) is 90.5 cm³/mol. The Morgan fingerprint density at radius 3 is 2.52 bits per heavy atom. The van der Waals surface area contributed by atoms with Gasteiger partial charge in [-0.15, -0.1) is 0 Å². The normalized spacial score (nSPS) is 11.8. The number of amides is 2. The van der Waals surface area contributed by atoms with Gasteiger partial charge >= 0.3 is 11.8 Å². The molecule has 7 nitrogen and oxygen atoms in total. The van der Waals surface area contributed by atoms with Crippen LogP contribution in [0.4, 0.5) is 0 Å². The number of aliphatic hydroxyl groups is 1. The first-order valence-electron chi connectivity index (χ1n) is 7.97. The molecule has 1 atom stereocenters. The summed E-state index contributed by atoms with van der Waals surface area (Å²) in [5.74, 6) is -0.942. The minimum Gasteiger partial charge on any atom is -0.467 e. The summed E-state index contributed by atoms with van der Waals surface area (Å²) in [6.07, 6.45) is 1.04. The van der Waals surface area contributed by atoms with Crippen molar-refractivity contribution in [3.8, 4) is 0 Å². The molecular weight excluding hydrogens is 324 g/mol. The van der Waals surface area contributed by atoms with E-state index in [1.807, 2.05) is 31.2 Å². The number of carbonyl (C=O) groups is 2. The van der Waals surface area contributed by atoms with Crippen molar-refractivity contribution < 1.29 is 23.8 Å². The highest BCUT2D eigenvalue weighted by Gasteiger charge is 2.17. The van der Waals surface area contributed by atoms with Gasteiger partial charge in [-0.25, -0.2) is 0 Å². The van der Waals surface area contributed by atoms with Crippen LogP contribution in [0.25, 0.3) is 0 Å². The smallest absolute Gasteiger partial charge is 0.309 e. The molecule has 0 saturated heterocycles. The predicted octanol–water partition coefficient (Wildman–Crippen LogP) is 1.07. The van der Waals surface area contributed by atoms with Crippen LogP contribution in [-0.2, 0) is 20.9 Å². The topological polar surface area (TPSA) is 101 Å². The van der Waals surface area contributed by atoms with Gasteiger partial charge in [-0.3, -0.25) is 9.59 Å². The van der Waals surface area contributed by atoms with Crippen LogP contribution < -0.4 is 10.6 Å². The average Bonchev–Trinajstić information content (AvgIpc) is 3.14. The van der Waals surface area contributed by atoms with E-state index >= 15 is 0 Å². The molecule has 0 aliphatic rings. The molecule has 1 aromatic heterocycles. The molecule has 0 aliphatic heterocycles. The molecule has 2 rings (SSSR count). The molecule has 0 fully saturated rings. The Balaban J connectivity index is 1.86. The molecular formula is C18H22N2O5. The molecule has 2 aromatic rings. The van der Waals surface area contributed by atoms with Crippen molar-refractivity contribution in [1.82, 2.24) is 10.6 Å². The van der Waals surface area contributed by atoms with Crippen LogP contribution in [0, 0.1) is 6.92 Å². The number of ether oxygens (including phenoxy) is 1. The van der Waals surface area contributed by atoms with Crippen molar-refractivity contribution in [2.75, 3.05) is 19.8 Å². The standard InChI is InChI=1S/C18H22N2O5/c1-13-4-6-14(7-5-13)16(25-10-8-21)12-20-18(23)17(22)19-11-15-3-2-9-24-15/h2-7,9,16,21H,8,10-12H2,1H3,(H,19,22)(H,20,23)/t16-/m1/s1. The maximum Gasteiger partial charge on any atom is 0.309 e. The van der Waals surface area contributed by atoms with Crippen LogP contribution in [0.5, 0.6) is 0 Å². The third kappa shape index (κ3) is 6.06. The zero-order valence-corrected chi connectivity index (χ0v) is 14.0. The summed E-state index contributed by atoms with van der Waals surface area (Å²) < 4.78 is 10.6. The summed E-state index contributed by atoms with van der Waals surface area (Å²) in [4.78, 5) is 23.7. The molecule has 1 heterocycles. The molecule has 7 heteroatoms. The Morgan fingerprint density at radius 2 is 1.88 bits per heavy atom. The first-order valence-corrected chi connectivity index (χ1v) is 7.97. The van der Waals surface area contributed by atoms with E-state index in [0.29, 0.717) is 5.76 Å². The van der Waals surface area contributed by atoms with Gasteiger partial charge in [0.25, 0.3) is 0 Å². The van der Waals surface area contributed by atoms with Gasteiger partial charge < -0.3 is 24.9 Å². The van der Waals surface area contributed by atoms with E-state index in [1.165, 1.54) is 6.26 Å². The van der Waals surface area contributed by atoms with Crippen molar-refractivity contribution in [1.29, 1.82) is 0 Å². The van der Waals surface area contributed by atoms with Crippen molar-refractivity contribution in [2.45, 2.75) is 19.6 Å². The van der Waals surface area contributed by atoms with Gasteiger partial charge in [0.1, 0.15) is 5.76 Å². The van der Waals surface area contributed by atoms with Crippen LogP contribution in [0.2, 0.25) is 0 Å². The zero-order valence-electron chi connectivity index (χ0n) is 14.0. The van der Waals surface area contributed by atoms with E-state index in [4.69, 9.17) is 14.3 Å². The Labute approximate surface area is 146 Å². The number of benzene rings is 1. The molecule has 0 aliphatic carbocycles. The second-order valence-electron chi connectivity index (χ2n) is 5.47. The maximum atomic E-state index is 11.9. The van der Waals surface area contributed by atoms with Crippen LogP contribution in [0.15, 0.2) is 47.1 Å². The van der Waals surface area contributed by atoms with Gasteiger partial charge in [0.15, 0.2) is 0 Å². The molecule has 134 valence electrons.